The van der Waals surface area contributed by atoms with Gasteiger partial charge in [0.2, 0.25) is 5.95 Å². The predicted molar refractivity (Wildman–Crippen MR) is 113 cm³/mol. The van der Waals surface area contributed by atoms with Crippen molar-refractivity contribution in [2.75, 3.05) is 30.9 Å². The van der Waals surface area contributed by atoms with Crippen molar-refractivity contribution in [1.29, 1.82) is 0 Å². The molecule has 9 heteroatoms. The second-order valence-electron chi connectivity index (χ2n) is 8.23. The van der Waals surface area contributed by atoms with Crippen LogP contribution in [0.3, 0.4) is 0 Å². The topological polar surface area (TPSA) is 72.4 Å². The maximum absolute atomic E-state index is 14.1. The number of aromatic nitrogens is 2. The fraction of sp³-hybridized carbons (Fsp3) is 0.524. The van der Waals surface area contributed by atoms with Crippen LogP contribution >= 0.6 is 11.6 Å². The Balaban J connectivity index is 1.20. The summed E-state index contributed by atoms with van der Waals surface area (Å²) >= 11 is 5.85. The third-order valence-electron chi connectivity index (χ3n) is 6.05. The van der Waals surface area contributed by atoms with E-state index in [0.29, 0.717) is 34.9 Å². The molecule has 0 spiro atoms. The van der Waals surface area contributed by atoms with E-state index in [1.807, 2.05) is 0 Å². The van der Waals surface area contributed by atoms with Crippen LogP contribution < -0.4 is 4.90 Å². The maximum Gasteiger partial charge on any atom is 0.225 e. The van der Waals surface area contributed by atoms with Gasteiger partial charge in [-0.05, 0) is 49.1 Å². The number of benzene rings is 1. The van der Waals surface area contributed by atoms with Crippen LogP contribution in [0.2, 0.25) is 5.02 Å². The first kappa shape index (κ1) is 21.5. The first-order chi connectivity index (χ1) is 14.3. The highest BCUT2D eigenvalue weighted by molar-refractivity contribution is 7.90. The standard InChI is InChI=1S/C21H25ClFN3O3S/c1-30(27,28)18-3-2-15(20(23)9-18)12-29-13-16-8-19(16)14-4-6-26(7-5-14)21-24-10-17(22)11-25-21/h2-3,9-11,14,16,19H,4-8,12-13H2,1H3/t16-,19+/m0/s1. The van der Waals surface area contributed by atoms with Gasteiger partial charge < -0.3 is 9.64 Å². The van der Waals surface area contributed by atoms with Gasteiger partial charge in [0.25, 0.3) is 0 Å². The number of hydrogen-bond donors (Lipinski definition) is 0. The number of sulfone groups is 1. The smallest absolute Gasteiger partial charge is 0.225 e. The molecule has 30 heavy (non-hydrogen) atoms. The van der Waals surface area contributed by atoms with Gasteiger partial charge in [-0.2, -0.15) is 0 Å². The summed E-state index contributed by atoms with van der Waals surface area (Å²) in [5.41, 5.74) is 0.385. The Morgan fingerprint density at radius 2 is 1.93 bits per heavy atom. The second kappa shape index (κ2) is 8.77. The summed E-state index contributed by atoms with van der Waals surface area (Å²) in [6, 6.07) is 3.98. The number of rotatable bonds is 7. The van der Waals surface area contributed by atoms with Gasteiger partial charge in [0.15, 0.2) is 9.84 Å². The molecule has 1 saturated carbocycles. The normalized spacial score (nSPS) is 22.3. The largest absolute Gasteiger partial charge is 0.376 e. The molecule has 0 radical (unpaired) electrons. The number of anilines is 1. The lowest BCUT2D eigenvalue weighted by Gasteiger charge is -2.32. The fourth-order valence-corrected chi connectivity index (χ4v) is 4.96. The molecule has 0 unspecified atom stereocenters. The summed E-state index contributed by atoms with van der Waals surface area (Å²) in [4.78, 5) is 10.8. The number of halogens is 2. The van der Waals surface area contributed by atoms with Gasteiger partial charge in [-0.15, -0.1) is 0 Å². The first-order valence-electron chi connectivity index (χ1n) is 10.1. The van der Waals surface area contributed by atoms with E-state index in [1.165, 1.54) is 12.1 Å². The van der Waals surface area contributed by atoms with E-state index >= 15 is 0 Å². The Labute approximate surface area is 181 Å². The highest BCUT2D eigenvalue weighted by Gasteiger charge is 2.43. The lowest BCUT2D eigenvalue weighted by Crippen LogP contribution is -2.35. The van der Waals surface area contributed by atoms with Crippen molar-refractivity contribution in [1.82, 2.24) is 9.97 Å². The third kappa shape index (κ3) is 5.10. The minimum atomic E-state index is -3.41. The van der Waals surface area contributed by atoms with Crippen LogP contribution in [0, 0.1) is 23.6 Å². The molecule has 2 atom stereocenters. The average molecular weight is 454 g/mol. The molecule has 2 fully saturated rings. The van der Waals surface area contributed by atoms with E-state index < -0.39 is 15.7 Å². The molecule has 1 saturated heterocycles. The fourth-order valence-electron chi connectivity index (χ4n) is 4.23. The predicted octanol–water partition coefficient (Wildman–Crippen LogP) is 3.74. The molecule has 4 rings (SSSR count). The number of hydrogen-bond acceptors (Lipinski definition) is 6. The van der Waals surface area contributed by atoms with Crippen molar-refractivity contribution in [2.45, 2.75) is 30.8 Å². The van der Waals surface area contributed by atoms with Crippen LogP contribution in [-0.4, -0.2) is 44.3 Å². The van der Waals surface area contributed by atoms with Gasteiger partial charge in [-0.1, -0.05) is 17.7 Å². The molecular formula is C21H25ClFN3O3S. The zero-order chi connectivity index (χ0) is 21.3. The molecule has 1 aromatic heterocycles. The van der Waals surface area contributed by atoms with Gasteiger partial charge in [0, 0.05) is 24.9 Å². The summed E-state index contributed by atoms with van der Waals surface area (Å²) in [5, 5.41) is 0.542. The van der Waals surface area contributed by atoms with E-state index in [9.17, 15) is 12.8 Å². The number of ether oxygens (including phenoxy) is 1. The van der Waals surface area contributed by atoms with E-state index in [0.717, 1.165) is 50.6 Å². The molecule has 162 valence electrons. The second-order valence-corrected chi connectivity index (χ2v) is 10.7. The lowest BCUT2D eigenvalue weighted by atomic mass is 9.91. The van der Waals surface area contributed by atoms with Crippen molar-refractivity contribution in [3.8, 4) is 0 Å². The molecule has 6 nitrogen and oxygen atoms in total. The minimum absolute atomic E-state index is 0.0126. The Hall–Kier alpha value is -1.77. The van der Waals surface area contributed by atoms with E-state index in [2.05, 4.69) is 14.9 Å². The van der Waals surface area contributed by atoms with Gasteiger partial charge in [0.1, 0.15) is 5.82 Å². The minimum Gasteiger partial charge on any atom is -0.376 e. The van der Waals surface area contributed by atoms with Crippen LogP contribution in [0.5, 0.6) is 0 Å². The molecule has 1 aromatic carbocycles. The maximum atomic E-state index is 14.1. The number of piperidine rings is 1. The Morgan fingerprint density at radius 1 is 1.23 bits per heavy atom. The van der Waals surface area contributed by atoms with Crippen LogP contribution in [-0.2, 0) is 21.2 Å². The van der Waals surface area contributed by atoms with Crippen molar-refractivity contribution < 1.29 is 17.5 Å². The quantitative estimate of drug-likeness (QED) is 0.635. The summed E-state index contributed by atoms with van der Waals surface area (Å²) in [7, 11) is -3.41. The zero-order valence-electron chi connectivity index (χ0n) is 16.8. The molecular weight excluding hydrogens is 429 g/mol. The molecule has 0 N–H and O–H groups in total. The van der Waals surface area contributed by atoms with E-state index in [1.54, 1.807) is 12.4 Å². The van der Waals surface area contributed by atoms with Crippen LogP contribution in [0.1, 0.15) is 24.8 Å². The Kier molecular flexibility index (Phi) is 6.27. The SMILES string of the molecule is CS(=O)(=O)c1ccc(COC[C@@H]2C[C@@H]2C2CCN(c3ncc(Cl)cn3)CC2)c(F)c1. The molecule has 1 aliphatic carbocycles. The Bertz CT molecular complexity index is 995. The van der Waals surface area contributed by atoms with Gasteiger partial charge >= 0.3 is 0 Å². The molecule has 1 aliphatic heterocycles. The number of nitrogens with zero attached hydrogens (tertiary/aromatic N) is 3. The molecule has 0 bridgehead atoms. The van der Waals surface area contributed by atoms with E-state index in [4.69, 9.17) is 16.3 Å². The first-order valence-corrected chi connectivity index (χ1v) is 12.4. The summed E-state index contributed by atoms with van der Waals surface area (Å²) < 4.78 is 42.9. The molecule has 0 amide bonds. The van der Waals surface area contributed by atoms with Crippen LogP contribution in [0.25, 0.3) is 0 Å². The summed E-state index contributed by atoms with van der Waals surface area (Å²) in [6.07, 6.45) is 7.68. The summed E-state index contributed by atoms with van der Waals surface area (Å²) in [5.74, 6) is 2.05. The zero-order valence-corrected chi connectivity index (χ0v) is 18.4. The average Bonchev–Trinajstić information content (AvgIpc) is 3.49. The van der Waals surface area contributed by atoms with Crippen molar-refractivity contribution in [3.63, 3.8) is 0 Å². The Morgan fingerprint density at radius 3 is 2.57 bits per heavy atom. The lowest BCUT2D eigenvalue weighted by molar-refractivity contribution is 0.102. The van der Waals surface area contributed by atoms with Crippen LogP contribution in [0.15, 0.2) is 35.5 Å². The van der Waals surface area contributed by atoms with Gasteiger partial charge in [-0.25, -0.2) is 22.8 Å². The van der Waals surface area contributed by atoms with Crippen molar-refractivity contribution in [2.24, 2.45) is 17.8 Å². The monoisotopic (exact) mass is 453 g/mol. The van der Waals surface area contributed by atoms with E-state index in [-0.39, 0.29) is 11.5 Å². The van der Waals surface area contributed by atoms with Gasteiger partial charge in [-0.3, -0.25) is 0 Å². The highest BCUT2D eigenvalue weighted by atomic mass is 35.5. The van der Waals surface area contributed by atoms with Crippen molar-refractivity contribution in [3.05, 3.63) is 47.0 Å². The van der Waals surface area contributed by atoms with Gasteiger partial charge in [0.05, 0.1) is 35.5 Å². The molecule has 2 aliphatic rings. The molecule has 2 heterocycles. The van der Waals surface area contributed by atoms with Crippen molar-refractivity contribution >= 4 is 27.4 Å². The summed E-state index contributed by atoms with van der Waals surface area (Å²) in [6.45, 7) is 2.65. The third-order valence-corrected chi connectivity index (χ3v) is 7.36. The highest BCUT2D eigenvalue weighted by Crippen LogP contribution is 2.48. The van der Waals surface area contributed by atoms with Crippen LogP contribution in [0.4, 0.5) is 10.3 Å². The molecule has 2 aromatic rings.